The van der Waals surface area contributed by atoms with Gasteiger partial charge in [-0.1, -0.05) is 13.8 Å². The van der Waals surface area contributed by atoms with Crippen molar-refractivity contribution in [3.05, 3.63) is 31.9 Å². The van der Waals surface area contributed by atoms with E-state index in [0.717, 1.165) is 16.4 Å². The van der Waals surface area contributed by atoms with Gasteiger partial charge in [-0.05, 0) is 47.6 Å². The third kappa shape index (κ3) is 3.81. The largest absolute Gasteiger partial charge is 0.485 e. The molecule has 100 valence electrons. The van der Waals surface area contributed by atoms with Gasteiger partial charge in [0.2, 0.25) is 0 Å². The second-order valence-corrected chi connectivity index (χ2v) is 5.47. The molecule has 0 amide bonds. The van der Waals surface area contributed by atoms with Crippen molar-refractivity contribution >= 4 is 28.3 Å². The van der Waals surface area contributed by atoms with Gasteiger partial charge in [0.15, 0.2) is 5.75 Å². The van der Waals surface area contributed by atoms with E-state index in [2.05, 4.69) is 0 Å². The molecule has 0 spiro atoms. The molecule has 6 heteroatoms. The van der Waals surface area contributed by atoms with Gasteiger partial charge in [0.1, 0.15) is 6.61 Å². The van der Waals surface area contributed by atoms with Crippen molar-refractivity contribution in [3.63, 3.8) is 0 Å². The molecule has 0 atom stereocenters. The van der Waals surface area contributed by atoms with Crippen molar-refractivity contribution in [1.29, 1.82) is 0 Å². The Bertz CT molecular complexity index is 433. The molecule has 2 N–H and O–H groups in total. The van der Waals surface area contributed by atoms with Gasteiger partial charge in [-0.2, -0.15) is 0 Å². The monoisotopic (exact) mass is 364 g/mol. The Balaban J connectivity index is 2.88. The molecule has 0 aliphatic heterocycles. The van der Waals surface area contributed by atoms with E-state index >= 15 is 0 Å². The van der Waals surface area contributed by atoms with Crippen LogP contribution in [0.4, 0.5) is 5.69 Å². The highest BCUT2D eigenvalue weighted by Gasteiger charge is 2.23. The summed E-state index contributed by atoms with van der Waals surface area (Å²) in [4.78, 5) is 10.5. The van der Waals surface area contributed by atoms with E-state index in [9.17, 15) is 10.1 Å². The fraction of sp³-hybridized carbons (Fsp3) is 0.500. The van der Waals surface area contributed by atoms with Gasteiger partial charge in [-0.15, -0.1) is 0 Å². The third-order valence-corrected chi connectivity index (χ3v) is 3.71. The Labute approximate surface area is 120 Å². The second kappa shape index (κ2) is 6.33. The van der Waals surface area contributed by atoms with Gasteiger partial charge in [0, 0.05) is 15.2 Å². The lowest BCUT2D eigenvalue weighted by Gasteiger charge is -2.26. The first-order valence-corrected chi connectivity index (χ1v) is 6.85. The fourth-order valence-corrected chi connectivity index (χ4v) is 1.91. The van der Waals surface area contributed by atoms with Crippen molar-refractivity contribution in [2.45, 2.75) is 32.2 Å². The molecule has 0 aliphatic carbocycles. The molecule has 0 aromatic heterocycles. The first kappa shape index (κ1) is 15.2. The van der Waals surface area contributed by atoms with Crippen molar-refractivity contribution in [3.8, 4) is 5.75 Å². The number of halogens is 1. The molecule has 0 bridgehead atoms. The number of nitrogens with two attached hydrogens (primary N) is 1. The number of ether oxygens (including phenoxy) is 1. The summed E-state index contributed by atoms with van der Waals surface area (Å²) in [6.07, 6.45) is 1.53. The molecule has 1 aromatic carbocycles. The molecule has 0 radical (unpaired) electrons. The molecular weight excluding hydrogens is 347 g/mol. The summed E-state index contributed by atoms with van der Waals surface area (Å²) in [6, 6.07) is 4.89. The minimum atomic E-state index is -0.437. The van der Waals surface area contributed by atoms with Crippen LogP contribution >= 0.6 is 22.6 Å². The van der Waals surface area contributed by atoms with E-state index in [1.165, 1.54) is 6.07 Å². The number of rotatable bonds is 6. The highest BCUT2D eigenvalue weighted by atomic mass is 127. The molecule has 1 rings (SSSR count). The van der Waals surface area contributed by atoms with Crippen LogP contribution in [0.5, 0.6) is 5.75 Å². The van der Waals surface area contributed by atoms with Crippen LogP contribution in [0.1, 0.15) is 26.7 Å². The number of nitrogens with zero attached hydrogens (tertiary/aromatic N) is 1. The third-order valence-electron chi connectivity index (χ3n) is 3.04. The lowest BCUT2D eigenvalue weighted by Crippen LogP contribution is -2.44. The van der Waals surface area contributed by atoms with Crippen molar-refractivity contribution in [2.75, 3.05) is 6.61 Å². The Hall–Kier alpha value is -0.890. The zero-order valence-electron chi connectivity index (χ0n) is 10.5. The van der Waals surface area contributed by atoms with Crippen LogP contribution in [0.15, 0.2) is 18.2 Å². The zero-order chi connectivity index (χ0) is 13.8. The number of hydrogen-bond acceptors (Lipinski definition) is 4. The van der Waals surface area contributed by atoms with Crippen LogP contribution in [0, 0.1) is 13.7 Å². The predicted octanol–water partition coefficient (Wildman–Crippen LogP) is 3.10. The van der Waals surface area contributed by atoms with Gasteiger partial charge in [0.25, 0.3) is 0 Å². The zero-order valence-corrected chi connectivity index (χ0v) is 12.6. The molecule has 18 heavy (non-hydrogen) atoms. The number of benzene rings is 1. The number of hydrogen-bond donors (Lipinski definition) is 1. The minimum Gasteiger partial charge on any atom is -0.485 e. The molecule has 0 saturated heterocycles. The molecule has 0 unspecified atom stereocenters. The smallest absolute Gasteiger partial charge is 0.311 e. The normalized spacial score (nSPS) is 11.3. The maximum Gasteiger partial charge on any atom is 0.311 e. The van der Waals surface area contributed by atoms with Crippen LogP contribution < -0.4 is 10.5 Å². The average Bonchev–Trinajstić information content (AvgIpc) is 2.36. The lowest BCUT2D eigenvalue weighted by molar-refractivity contribution is -0.386. The summed E-state index contributed by atoms with van der Waals surface area (Å²) in [7, 11) is 0. The summed E-state index contributed by atoms with van der Waals surface area (Å²) >= 11 is 2.03. The maximum absolute atomic E-state index is 10.9. The van der Waals surface area contributed by atoms with E-state index in [0.29, 0.717) is 0 Å². The number of nitro groups is 1. The standard InChI is InChI=1S/C12H17IN2O3/c1-3-12(14,4-2)8-18-11-6-5-9(13)7-10(11)15(16)17/h5-7H,3-4,8,14H2,1-2H3. The van der Waals surface area contributed by atoms with E-state index in [1.807, 2.05) is 36.4 Å². The maximum atomic E-state index is 10.9. The van der Waals surface area contributed by atoms with Gasteiger partial charge < -0.3 is 10.5 Å². The Morgan fingerprint density at radius 1 is 1.44 bits per heavy atom. The molecule has 0 aliphatic rings. The molecule has 0 heterocycles. The molecule has 0 fully saturated rings. The van der Waals surface area contributed by atoms with Crippen LogP contribution in [0.3, 0.4) is 0 Å². The predicted molar refractivity (Wildman–Crippen MR) is 78.8 cm³/mol. The van der Waals surface area contributed by atoms with Gasteiger partial charge >= 0.3 is 5.69 Å². The highest BCUT2D eigenvalue weighted by molar-refractivity contribution is 14.1. The Morgan fingerprint density at radius 2 is 2.06 bits per heavy atom. The second-order valence-electron chi connectivity index (χ2n) is 4.23. The summed E-state index contributed by atoms with van der Waals surface area (Å²) in [5, 5.41) is 10.9. The Kier molecular flexibility index (Phi) is 5.33. The fourth-order valence-electron chi connectivity index (χ4n) is 1.43. The van der Waals surface area contributed by atoms with Gasteiger partial charge in [-0.25, -0.2) is 0 Å². The van der Waals surface area contributed by atoms with Crippen LogP contribution in [-0.2, 0) is 0 Å². The van der Waals surface area contributed by atoms with Gasteiger partial charge in [-0.3, -0.25) is 10.1 Å². The summed E-state index contributed by atoms with van der Waals surface area (Å²) < 4.78 is 6.33. The topological polar surface area (TPSA) is 78.4 Å². The Morgan fingerprint density at radius 3 is 2.56 bits per heavy atom. The van der Waals surface area contributed by atoms with E-state index in [4.69, 9.17) is 10.5 Å². The highest BCUT2D eigenvalue weighted by Crippen LogP contribution is 2.29. The number of nitro benzene ring substituents is 1. The van der Waals surface area contributed by atoms with E-state index in [-0.39, 0.29) is 18.0 Å². The van der Waals surface area contributed by atoms with Crippen molar-refractivity contribution in [2.24, 2.45) is 5.73 Å². The summed E-state index contributed by atoms with van der Waals surface area (Å²) in [5.74, 6) is 0.275. The van der Waals surface area contributed by atoms with E-state index < -0.39 is 10.5 Å². The quantitative estimate of drug-likeness (QED) is 0.478. The molecule has 1 aromatic rings. The summed E-state index contributed by atoms with van der Waals surface area (Å²) in [6.45, 7) is 4.24. The van der Waals surface area contributed by atoms with Crippen LogP contribution in [0.25, 0.3) is 0 Å². The minimum absolute atomic E-state index is 0.0172. The van der Waals surface area contributed by atoms with E-state index in [1.54, 1.807) is 12.1 Å². The molecular formula is C12H17IN2O3. The van der Waals surface area contributed by atoms with Crippen LogP contribution in [0.2, 0.25) is 0 Å². The van der Waals surface area contributed by atoms with Gasteiger partial charge in [0.05, 0.1) is 4.92 Å². The first-order chi connectivity index (χ1) is 8.41. The van der Waals surface area contributed by atoms with Crippen LogP contribution in [-0.4, -0.2) is 17.1 Å². The lowest BCUT2D eigenvalue weighted by atomic mass is 9.96. The SMILES string of the molecule is CCC(N)(CC)COc1ccc(I)cc1[N+](=O)[O-]. The van der Waals surface area contributed by atoms with Crippen molar-refractivity contribution in [1.82, 2.24) is 0 Å². The first-order valence-electron chi connectivity index (χ1n) is 5.77. The summed E-state index contributed by atoms with van der Waals surface area (Å²) in [5.41, 5.74) is 5.65. The molecule has 0 saturated carbocycles. The van der Waals surface area contributed by atoms with Crippen molar-refractivity contribution < 1.29 is 9.66 Å². The molecule has 5 nitrogen and oxygen atoms in total. The average molecular weight is 364 g/mol.